The van der Waals surface area contributed by atoms with Gasteiger partial charge in [-0.2, -0.15) is 0 Å². The minimum absolute atomic E-state index is 0.131. The maximum atomic E-state index is 12.0. The van der Waals surface area contributed by atoms with Crippen molar-refractivity contribution in [3.05, 3.63) is 72.3 Å². The van der Waals surface area contributed by atoms with Crippen LogP contribution < -0.4 is 10.1 Å². The molecule has 3 aromatic rings. The zero-order chi connectivity index (χ0) is 21.5. The molecule has 0 aromatic heterocycles. The summed E-state index contributed by atoms with van der Waals surface area (Å²) in [5, 5.41) is 4.68. The van der Waals surface area contributed by atoms with Crippen molar-refractivity contribution in [2.45, 2.75) is 0 Å². The number of esters is 1. The van der Waals surface area contributed by atoms with E-state index in [1.165, 1.54) is 4.90 Å². The molecule has 0 bridgehead atoms. The van der Waals surface area contributed by atoms with E-state index in [9.17, 15) is 14.4 Å². The second-order valence-electron chi connectivity index (χ2n) is 6.78. The third-order valence-corrected chi connectivity index (χ3v) is 4.26. The highest BCUT2D eigenvalue weighted by molar-refractivity contribution is 5.96. The maximum absolute atomic E-state index is 12.0. The van der Waals surface area contributed by atoms with Crippen molar-refractivity contribution in [1.29, 1.82) is 0 Å². The molecule has 30 heavy (non-hydrogen) atoms. The van der Waals surface area contributed by atoms with Crippen LogP contribution in [0.25, 0.3) is 10.8 Å². The topological polar surface area (TPSA) is 84.9 Å². The van der Waals surface area contributed by atoms with Gasteiger partial charge in [0.2, 0.25) is 0 Å². The highest BCUT2D eigenvalue weighted by atomic mass is 16.6. The molecule has 0 atom stereocenters. The van der Waals surface area contributed by atoms with E-state index in [-0.39, 0.29) is 12.5 Å². The zero-order valence-electron chi connectivity index (χ0n) is 16.8. The second kappa shape index (κ2) is 9.56. The van der Waals surface area contributed by atoms with Gasteiger partial charge in [0.25, 0.3) is 11.8 Å². The Morgan fingerprint density at radius 2 is 1.57 bits per heavy atom. The van der Waals surface area contributed by atoms with Gasteiger partial charge in [0.05, 0.1) is 0 Å². The lowest BCUT2D eigenvalue weighted by Crippen LogP contribution is -2.24. The molecule has 0 aliphatic rings. The Hall–Kier alpha value is -3.87. The maximum Gasteiger partial charge on any atom is 0.344 e. The largest absolute Gasteiger partial charge is 0.482 e. The van der Waals surface area contributed by atoms with Crippen molar-refractivity contribution in [3.63, 3.8) is 0 Å². The van der Waals surface area contributed by atoms with Crippen LogP contribution in [-0.4, -0.2) is 50.0 Å². The Balaban J connectivity index is 1.43. The SMILES string of the molecule is CN(C)C(=O)c1ccc(NC(=O)COC(=O)COc2ccc3ccccc3c2)cc1. The van der Waals surface area contributed by atoms with Crippen LogP contribution in [0.1, 0.15) is 10.4 Å². The van der Waals surface area contributed by atoms with E-state index in [1.54, 1.807) is 44.4 Å². The summed E-state index contributed by atoms with van der Waals surface area (Å²) in [6, 6.07) is 19.8. The molecule has 7 nitrogen and oxygen atoms in total. The highest BCUT2D eigenvalue weighted by Crippen LogP contribution is 2.20. The van der Waals surface area contributed by atoms with E-state index in [1.807, 2.05) is 36.4 Å². The Morgan fingerprint density at radius 1 is 0.867 bits per heavy atom. The predicted molar refractivity (Wildman–Crippen MR) is 113 cm³/mol. The minimum atomic E-state index is -0.648. The summed E-state index contributed by atoms with van der Waals surface area (Å²) in [6.07, 6.45) is 0. The number of carbonyl (C=O) groups excluding carboxylic acids is 3. The van der Waals surface area contributed by atoms with Gasteiger partial charge in [-0.15, -0.1) is 0 Å². The van der Waals surface area contributed by atoms with Gasteiger partial charge < -0.3 is 19.7 Å². The summed E-state index contributed by atoms with van der Waals surface area (Å²) in [4.78, 5) is 37.1. The average molecular weight is 406 g/mol. The summed E-state index contributed by atoms with van der Waals surface area (Å²) in [6.45, 7) is -0.731. The van der Waals surface area contributed by atoms with Crippen molar-refractivity contribution in [2.24, 2.45) is 0 Å². The minimum Gasteiger partial charge on any atom is -0.482 e. The Kier molecular flexibility index (Phi) is 6.64. The number of hydrogen-bond acceptors (Lipinski definition) is 5. The monoisotopic (exact) mass is 406 g/mol. The zero-order valence-corrected chi connectivity index (χ0v) is 16.8. The predicted octanol–water partition coefficient (Wildman–Crippen LogP) is 3.10. The van der Waals surface area contributed by atoms with Crippen LogP contribution in [-0.2, 0) is 14.3 Å². The lowest BCUT2D eigenvalue weighted by Gasteiger charge is -2.11. The molecule has 0 heterocycles. The van der Waals surface area contributed by atoms with E-state index < -0.39 is 18.5 Å². The first-order valence-corrected chi connectivity index (χ1v) is 9.31. The second-order valence-corrected chi connectivity index (χ2v) is 6.78. The van der Waals surface area contributed by atoms with Gasteiger partial charge in [-0.25, -0.2) is 4.79 Å². The number of hydrogen-bond donors (Lipinski definition) is 1. The van der Waals surface area contributed by atoms with Gasteiger partial charge in [-0.1, -0.05) is 30.3 Å². The normalized spacial score (nSPS) is 10.3. The van der Waals surface area contributed by atoms with E-state index in [0.29, 0.717) is 17.0 Å². The van der Waals surface area contributed by atoms with Crippen LogP contribution >= 0.6 is 0 Å². The van der Waals surface area contributed by atoms with Crippen LogP contribution in [0.3, 0.4) is 0 Å². The molecular formula is C23H22N2O5. The fourth-order valence-corrected chi connectivity index (χ4v) is 2.74. The first-order valence-electron chi connectivity index (χ1n) is 9.31. The third-order valence-electron chi connectivity index (χ3n) is 4.26. The Labute approximate surface area is 174 Å². The first-order chi connectivity index (χ1) is 14.4. The molecule has 0 unspecified atom stereocenters. The molecule has 0 aliphatic carbocycles. The van der Waals surface area contributed by atoms with E-state index in [0.717, 1.165) is 10.8 Å². The van der Waals surface area contributed by atoms with Gasteiger partial charge in [0, 0.05) is 25.3 Å². The number of fused-ring (bicyclic) bond motifs is 1. The summed E-state index contributed by atoms with van der Waals surface area (Å²) >= 11 is 0. The number of nitrogens with zero attached hydrogens (tertiary/aromatic N) is 1. The fourth-order valence-electron chi connectivity index (χ4n) is 2.74. The molecule has 0 spiro atoms. The first kappa shape index (κ1) is 20.9. The van der Waals surface area contributed by atoms with E-state index in [4.69, 9.17) is 9.47 Å². The van der Waals surface area contributed by atoms with Crippen molar-refractivity contribution in [1.82, 2.24) is 4.90 Å². The van der Waals surface area contributed by atoms with Gasteiger partial charge in [0.15, 0.2) is 13.2 Å². The number of carbonyl (C=O) groups is 3. The van der Waals surface area contributed by atoms with Crippen LogP contribution in [0.5, 0.6) is 5.75 Å². The van der Waals surface area contributed by atoms with Crippen molar-refractivity contribution in [2.75, 3.05) is 32.6 Å². The van der Waals surface area contributed by atoms with Gasteiger partial charge in [-0.05, 0) is 47.2 Å². The van der Waals surface area contributed by atoms with Gasteiger partial charge in [-0.3, -0.25) is 9.59 Å². The molecule has 3 rings (SSSR count). The van der Waals surface area contributed by atoms with Gasteiger partial charge >= 0.3 is 5.97 Å². The Bertz CT molecular complexity index is 1060. The standard InChI is InChI=1S/C23H22N2O5/c1-25(2)23(28)17-7-10-19(11-8-17)24-21(26)14-30-22(27)15-29-20-12-9-16-5-3-4-6-18(16)13-20/h3-13H,14-15H2,1-2H3,(H,24,26). The number of ether oxygens (including phenoxy) is 2. The summed E-state index contributed by atoms with van der Waals surface area (Å²) in [5.74, 6) is -0.721. The lowest BCUT2D eigenvalue weighted by atomic mass is 10.1. The summed E-state index contributed by atoms with van der Waals surface area (Å²) in [7, 11) is 3.33. The van der Waals surface area contributed by atoms with Crippen LogP contribution in [0.15, 0.2) is 66.7 Å². The number of benzene rings is 3. The molecular weight excluding hydrogens is 384 g/mol. The molecule has 0 saturated carbocycles. The summed E-state index contributed by atoms with van der Waals surface area (Å²) in [5.41, 5.74) is 1.01. The van der Waals surface area contributed by atoms with Crippen molar-refractivity contribution < 1.29 is 23.9 Å². The smallest absolute Gasteiger partial charge is 0.344 e. The molecule has 7 heteroatoms. The molecule has 3 aromatic carbocycles. The average Bonchev–Trinajstić information content (AvgIpc) is 2.76. The molecule has 0 radical (unpaired) electrons. The quantitative estimate of drug-likeness (QED) is 0.610. The van der Waals surface area contributed by atoms with Gasteiger partial charge in [0.1, 0.15) is 5.75 Å². The lowest BCUT2D eigenvalue weighted by molar-refractivity contribution is -0.149. The molecule has 154 valence electrons. The molecule has 0 aliphatic heterocycles. The van der Waals surface area contributed by atoms with E-state index in [2.05, 4.69) is 5.32 Å². The third kappa shape index (κ3) is 5.57. The number of rotatable bonds is 7. The Morgan fingerprint density at radius 3 is 2.27 bits per heavy atom. The molecule has 0 saturated heterocycles. The summed E-state index contributed by atoms with van der Waals surface area (Å²) < 4.78 is 10.4. The number of anilines is 1. The molecule has 1 N–H and O–H groups in total. The highest BCUT2D eigenvalue weighted by Gasteiger charge is 2.11. The van der Waals surface area contributed by atoms with Crippen molar-refractivity contribution >= 4 is 34.2 Å². The molecule has 0 fully saturated rings. The number of nitrogens with one attached hydrogen (secondary N) is 1. The van der Waals surface area contributed by atoms with Crippen LogP contribution in [0.4, 0.5) is 5.69 Å². The fraction of sp³-hybridized carbons (Fsp3) is 0.174. The molecule has 2 amide bonds. The van der Waals surface area contributed by atoms with Crippen LogP contribution in [0.2, 0.25) is 0 Å². The van der Waals surface area contributed by atoms with Crippen molar-refractivity contribution in [3.8, 4) is 5.75 Å². The van der Waals surface area contributed by atoms with Crippen LogP contribution in [0, 0.1) is 0 Å². The van der Waals surface area contributed by atoms with E-state index >= 15 is 0 Å². The number of amides is 2.